The molecule has 4 heterocycles. The van der Waals surface area contributed by atoms with Crippen LogP contribution >= 0.6 is 11.6 Å². The largest absolute Gasteiger partial charge is 0.490 e. The Balaban J connectivity index is 1.14. The summed E-state index contributed by atoms with van der Waals surface area (Å²) < 4.78 is 6.02. The van der Waals surface area contributed by atoms with E-state index in [4.69, 9.17) is 16.3 Å². The predicted octanol–water partition coefficient (Wildman–Crippen LogP) is 4.80. The van der Waals surface area contributed by atoms with Gasteiger partial charge in [-0.25, -0.2) is 0 Å². The normalized spacial score (nSPS) is 20.3. The number of ketones is 1. The smallest absolute Gasteiger partial charge is 0.204 e. The number of Topliss-reactive ketones (excluding diaryl/α,β-unsaturated/α-hetero) is 1. The molecular formula is C31H32ClN3O4. The number of fused-ring (bicyclic) bond motifs is 6. The number of aromatic amines is 1. The van der Waals surface area contributed by atoms with Crippen LogP contribution in [0.15, 0.2) is 72.8 Å². The Morgan fingerprint density at radius 1 is 1.03 bits per heavy atom. The number of hydrogen-bond donors (Lipinski definition) is 3. The molecule has 4 aromatic rings. The van der Waals surface area contributed by atoms with E-state index in [9.17, 15) is 15.0 Å². The maximum absolute atomic E-state index is 12.0. The van der Waals surface area contributed by atoms with E-state index in [-0.39, 0.29) is 18.3 Å². The van der Waals surface area contributed by atoms with E-state index in [0.717, 1.165) is 25.9 Å². The molecule has 202 valence electrons. The highest BCUT2D eigenvalue weighted by Crippen LogP contribution is 2.33. The number of rotatable bonds is 8. The number of halogens is 1. The monoisotopic (exact) mass is 545 g/mol. The third-order valence-electron chi connectivity index (χ3n) is 7.88. The summed E-state index contributed by atoms with van der Waals surface area (Å²) in [7, 11) is 0. The number of aliphatic hydroxyl groups is 2. The van der Waals surface area contributed by atoms with Gasteiger partial charge in [-0.15, -0.1) is 0 Å². The summed E-state index contributed by atoms with van der Waals surface area (Å²) in [5, 5.41) is 23.8. The first kappa shape index (κ1) is 25.9. The van der Waals surface area contributed by atoms with Gasteiger partial charge in [0.1, 0.15) is 25.1 Å². The summed E-state index contributed by atoms with van der Waals surface area (Å²) in [4.78, 5) is 19.8. The highest BCUT2D eigenvalue weighted by molar-refractivity contribution is 6.35. The summed E-state index contributed by atoms with van der Waals surface area (Å²) in [6.45, 7) is 1.81. The number of ether oxygens (including phenoxy) is 1. The van der Waals surface area contributed by atoms with Crippen molar-refractivity contribution in [2.24, 2.45) is 0 Å². The molecule has 3 aromatic carbocycles. The lowest BCUT2D eigenvalue weighted by atomic mass is 9.96. The molecule has 0 aliphatic carbocycles. The molecule has 0 saturated carbocycles. The summed E-state index contributed by atoms with van der Waals surface area (Å²) in [6.07, 6.45) is 5.78. The number of aliphatic hydroxyl groups excluding tert-OH is 2. The fourth-order valence-electron chi connectivity index (χ4n) is 5.87. The second-order valence-corrected chi connectivity index (χ2v) is 10.9. The molecule has 3 N–H and O–H groups in total. The van der Waals surface area contributed by atoms with E-state index < -0.39 is 18.5 Å². The Morgan fingerprint density at radius 2 is 1.82 bits per heavy atom. The first-order chi connectivity index (χ1) is 19.0. The van der Waals surface area contributed by atoms with Crippen molar-refractivity contribution in [1.29, 1.82) is 0 Å². The van der Waals surface area contributed by atoms with Crippen LogP contribution in [0.3, 0.4) is 0 Å². The molecule has 3 atom stereocenters. The molecule has 0 spiro atoms. The van der Waals surface area contributed by atoms with Crippen LogP contribution in [-0.4, -0.2) is 76.9 Å². The summed E-state index contributed by atoms with van der Waals surface area (Å²) in [6, 6.07) is 20.9. The van der Waals surface area contributed by atoms with Crippen LogP contribution in [0, 0.1) is 0 Å². The Morgan fingerprint density at radius 3 is 2.64 bits per heavy atom. The van der Waals surface area contributed by atoms with E-state index in [1.54, 1.807) is 18.2 Å². The SMILES string of the molecule is O=C(CO)c1cc2c(OC[C@@H](O)CN3C[C@@H]4CC=CC[C@H]3CN4c3ccc4ccccc4c3)ccc(Cl)c2[nH]1. The van der Waals surface area contributed by atoms with Crippen molar-refractivity contribution >= 4 is 44.7 Å². The van der Waals surface area contributed by atoms with Crippen molar-refractivity contribution in [1.82, 2.24) is 9.88 Å². The Hall–Kier alpha value is -3.36. The molecule has 0 radical (unpaired) electrons. The molecule has 39 heavy (non-hydrogen) atoms. The summed E-state index contributed by atoms with van der Waals surface area (Å²) in [5.41, 5.74) is 2.09. The van der Waals surface area contributed by atoms with Crippen LogP contribution in [0.5, 0.6) is 5.75 Å². The Bertz CT molecular complexity index is 1530. The number of anilines is 1. The average molecular weight is 546 g/mol. The number of nitrogens with one attached hydrogen (secondary N) is 1. The minimum Gasteiger partial charge on any atom is -0.490 e. The fraction of sp³-hybridized carbons (Fsp3) is 0.323. The first-order valence-corrected chi connectivity index (χ1v) is 13.8. The van der Waals surface area contributed by atoms with Gasteiger partial charge in [-0.2, -0.15) is 0 Å². The van der Waals surface area contributed by atoms with Gasteiger partial charge in [0.05, 0.1) is 16.2 Å². The molecule has 7 rings (SSSR count). The topological polar surface area (TPSA) is 89.0 Å². The van der Waals surface area contributed by atoms with Crippen LogP contribution < -0.4 is 9.64 Å². The van der Waals surface area contributed by atoms with Gasteiger partial charge < -0.3 is 24.8 Å². The third kappa shape index (κ3) is 5.28. The molecule has 0 unspecified atom stereocenters. The van der Waals surface area contributed by atoms with Crippen molar-refractivity contribution in [3.05, 3.63) is 83.5 Å². The minimum absolute atomic E-state index is 0.114. The molecule has 3 aliphatic heterocycles. The zero-order valence-corrected chi connectivity index (χ0v) is 22.3. The first-order valence-electron chi connectivity index (χ1n) is 13.4. The average Bonchev–Trinajstić information content (AvgIpc) is 3.39. The summed E-state index contributed by atoms with van der Waals surface area (Å²) >= 11 is 6.31. The quantitative estimate of drug-likeness (QED) is 0.218. The molecule has 3 aliphatic rings. The Labute approximate surface area is 232 Å². The van der Waals surface area contributed by atoms with Gasteiger partial charge in [-0.1, -0.05) is 54.1 Å². The van der Waals surface area contributed by atoms with E-state index in [1.807, 2.05) is 0 Å². The standard InChI is InChI=1S/C31H32ClN3O4/c32-27-11-12-30(26-14-28(29(38)18-36)33-31(26)27)39-19-25(37)17-34-15-24-8-4-3-7-23(34)16-35(24)22-10-9-20-5-1-2-6-21(20)13-22/h1-6,9-14,23-25,33,36-37H,7-8,15-19H2/t23-,24-,25-/m0/s1. The van der Waals surface area contributed by atoms with Crippen molar-refractivity contribution in [3.8, 4) is 5.75 Å². The number of nitrogens with zero attached hydrogens (tertiary/aromatic N) is 2. The highest BCUT2D eigenvalue weighted by Gasteiger charge is 2.35. The lowest BCUT2D eigenvalue weighted by Crippen LogP contribution is -2.60. The Kier molecular flexibility index (Phi) is 7.32. The molecule has 8 heteroatoms. The van der Waals surface area contributed by atoms with Crippen molar-refractivity contribution in [2.75, 3.05) is 37.7 Å². The van der Waals surface area contributed by atoms with Crippen molar-refractivity contribution in [2.45, 2.75) is 31.0 Å². The number of benzene rings is 3. The molecule has 1 saturated heterocycles. The van der Waals surface area contributed by atoms with Gasteiger partial charge in [-0.05, 0) is 53.9 Å². The van der Waals surface area contributed by atoms with Gasteiger partial charge in [-0.3, -0.25) is 9.69 Å². The van der Waals surface area contributed by atoms with Crippen LogP contribution in [-0.2, 0) is 0 Å². The maximum atomic E-state index is 12.0. The number of hydrogen-bond acceptors (Lipinski definition) is 6. The number of piperazine rings is 1. The van der Waals surface area contributed by atoms with Gasteiger partial charge in [0, 0.05) is 42.8 Å². The molecular weight excluding hydrogens is 514 g/mol. The summed E-state index contributed by atoms with van der Waals surface area (Å²) in [5.74, 6) is 0.105. The zero-order chi connectivity index (χ0) is 26.9. The van der Waals surface area contributed by atoms with Gasteiger partial charge in [0.2, 0.25) is 5.78 Å². The van der Waals surface area contributed by atoms with E-state index in [2.05, 4.69) is 69.4 Å². The molecule has 0 amide bonds. The molecule has 1 fully saturated rings. The van der Waals surface area contributed by atoms with Crippen LogP contribution in [0.1, 0.15) is 23.3 Å². The molecule has 1 aromatic heterocycles. The van der Waals surface area contributed by atoms with Gasteiger partial charge in [0.25, 0.3) is 0 Å². The predicted molar refractivity (Wildman–Crippen MR) is 155 cm³/mol. The zero-order valence-electron chi connectivity index (χ0n) is 21.6. The molecule has 7 nitrogen and oxygen atoms in total. The fourth-order valence-corrected chi connectivity index (χ4v) is 6.08. The van der Waals surface area contributed by atoms with Crippen molar-refractivity contribution < 1.29 is 19.7 Å². The highest BCUT2D eigenvalue weighted by atomic mass is 35.5. The number of H-pyrrole nitrogens is 1. The second-order valence-electron chi connectivity index (χ2n) is 10.5. The minimum atomic E-state index is -0.688. The number of carbonyl (C=O) groups is 1. The van der Waals surface area contributed by atoms with E-state index >= 15 is 0 Å². The van der Waals surface area contributed by atoms with E-state index in [0.29, 0.717) is 34.3 Å². The second kappa shape index (κ2) is 11.0. The number of aromatic nitrogens is 1. The van der Waals surface area contributed by atoms with E-state index in [1.165, 1.54) is 16.5 Å². The number of carbonyl (C=O) groups excluding carboxylic acids is 1. The van der Waals surface area contributed by atoms with Crippen molar-refractivity contribution in [3.63, 3.8) is 0 Å². The lowest BCUT2D eigenvalue weighted by molar-refractivity contribution is 0.0409. The van der Waals surface area contributed by atoms with Crippen LogP contribution in [0.2, 0.25) is 5.02 Å². The third-order valence-corrected chi connectivity index (χ3v) is 8.20. The van der Waals surface area contributed by atoms with Crippen LogP contribution in [0.25, 0.3) is 21.7 Å². The molecule has 2 bridgehead atoms. The maximum Gasteiger partial charge on any atom is 0.204 e. The van der Waals surface area contributed by atoms with Gasteiger partial charge >= 0.3 is 0 Å². The van der Waals surface area contributed by atoms with Crippen LogP contribution in [0.4, 0.5) is 5.69 Å². The lowest BCUT2D eigenvalue weighted by Gasteiger charge is -2.48. The van der Waals surface area contributed by atoms with Gasteiger partial charge in [0.15, 0.2) is 0 Å².